The van der Waals surface area contributed by atoms with Crippen molar-refractivity contribution in [3.05, 3.63) is 11.6 Å². The van der Waals surface area contributed by atoms with Gasteiger partial charge in [-0.25, -0.2) is 4.98 Å². The molecule has 2 saturated heterocycles. The molecule has 2 atom stereocenters. The summed E-state index contributed by atoms with van der Waals surface area (Å²) in [6, 6.07) is 1.31. The number of nitrogens with zero attached hydrogens (tertiary/aromatic N) is 5. The molecule has 0 amide bonds. The molecule has 6 nitrogen and oxygen atoms in total. The number of aromatic amines is 1. The molecule has 1 N–H and O–H groups in total. The minimum atomic E-state index is 0.266. The number of H-pyrrole nitrogens is 1. The zero-order valence-electron chi connectivity index (χ0n) is 11.4. The zero-order chi connectivity index (χ0) is 13.7. The number of anilines is 1. The molecule has 2 fully saturated rings. The quantitative estimate of drug-likeness (QED) is 0.810. The molecule has 0 saturated carbocycles. The first-order valence-electron chi connectivity index (χ1n) is 7.06. The van der Waals surface area contributed by atoms with Crippen LogP contribution in [0.4, 0.5) is 5.82 Å². The average molecular weight is 293 g/mol. The van der Waals surface area contributed by atoms with E-state index in [2.05, 4.69) is 36.8 Å². The summed E-state index contributed by atoms with van der Waals surface area (Å²) in [5, 5.41) is 0.266. The van der Waals surface area contributed by atoms with E-state index in [1.807, 2.05) is 0 Å². The van der Waals surface area contributed by atoms with Crippen LogP contribution in [-0.4, -0.2) is 57.1 Å². The molecule has 0 aliphatic carbocycles. The van der Waals surface area contributed by atoms with Gasteiger partial charge in [-0.15, -0.1) is 0 Å². The Labute approximate surface area is 122 Å². The lowest BCUT2D eigenvalue weighted by Gasteiger charge is -2.26. The summed E-state index contributed by atoms with van der Waals surface area (Å²) in [5.41, 5.74) is 1.53. The summed E-state index contributed by atoms with van der Waals surface area (Å²) in [7, 11) is 2.24. The molecule has 2 aromatic rings. The minimum absolute atomic E-state index is 0.266. The predicted octanol–water partition coefficient (Wildman–Crippen LogP) is 1.68. The van der Waals surface area contributed by atoms with Gasteiger partial charge in [-0.05, 0) is 37.9 Å². The van der Waals surface area contributed by atoms with Gasteiger partial charge in [-0.3, -0.25) is 4.90 Å². The van der Waals surface area contributed by atoms with Crippen LogP contribution in [-0.2, 0) is 0 Å². The maximum absolute atomic E-state index is 6.04. The number of nitrogens with one attached hydrogen (secondary N) is 1. The Bertz CT molecular complexity index is 641. The van der Waals surface area contributed by atoms with Gasteiger partial charge in [-0.1, -0.05) is 0 Å². The maximum Gasteiger partial charge on any atom is 0.226 e. The topological polar surface area (TPSA) is 60.9 Å². The van der Waals surface area contributed by atoms with E-state index >= 15 is 0 Å². The van der Waals surface area contributed by atoms with Gasteiger partial charge in [0.2, 0.25) is 5.28 Å². The molecule has 0 aromatic carbocycles. The van der Waals surface area contributed by atoms with Gasteiger partial charge in [0.15, 0.2) is 11.5 Å². The van der Waals surface area contributed by atoms with Gasteiger partial charge in [-0.2, -0.15) is 9.97 Å². The summed E-state index contributed by atoms with van der Waals surface area (Å²) < 4.78 is 0. The lowest BCUT2D eigenvalue weighted by atomic mass is 10.1. The Morgan fingerprint density at radius 2 is 2.10 bits per heavy atom. The van der Waals surface area contributed by atoms with Crippen LogP contribution in [0, 0.1) is 0 Å². The molecule has 4 heterocycles. The SMILES string of the molecule is CN1C2CCC1CN(c1nc(Cl)nc3nc[nH]c13)CC2. The highest BCUT2D eigenvalue weighted by Gasteiger charge is 2.35. The van der Waals surface area contributed by atoms with E-state index in [1.165, 1.54) is 19.3 Å². The number of rotatable bonds is 1. The number of aromatic nitrogens is 4. The standard InChI is InChI=1S/C13H17ClN6/c1-19-8-2-3-9(19)6-20(5-4-8)12-10-11(16-7-15-10)17-13(14)18-12/h7-9H,2-6H2,1H3,(H,15,16,17,18). The van der Waals surface area contributed by atoms with Crippen LogP contribution >= 0.6 is 11.6 Å². The van der Waals surface area contributed by atoms with E-state index in [9.17, 15) is 0 Å². The van der Waals surface area contributed by atoms with Gasteiger partial charge in [0.25, 0.3) is 0 Å². The van der Waals surface area contributed by atoms with Crippen LogP contribution in [0.25, 0.3) is 11.2 Å². The summed E-state index contributed by atoms with van der Waals surface area (Å²) in [6.07, 6.45) is 5.40. The fourth-order valence-corrected chi connectivity index (χ4v) is 3.68. The van der Waals surface area contributed by atoms with E-state index < -0.39 is 0 Å². The van der Waals surface area contributed by atoms with E-state index in [1.54, 1.807) is 6.33 Å². The van der Waals surface area contributed by atoms with E-state index in [0.717, 1.165) is 24.4 Å². The van der Waals surface area contributed by atoms with Crippen LogP contribution in [0.15, 0.2) is 6.33 Å². The summed E-state index contributed by atoms with van der Waals surface area (Å²) >= 11 is 6.04. The third-order valence-corrected chi connectivity index (χ3v) is 4.86. The van der Waals surface area contributed by atoms with Crippen molar-refractivity contribution >= 4 is 28.6 Å². The first-order valence-corrected chi connectivity index (χ1v) is 7.43. The van der Waals surface area contributed by atoms with Crippen LogP contribution in [0.1, 0.15) is 19.3 Å². The summed E-state index contributed by atoms with van der Waals surface area (Å²) in [4.78, 5) is 20.8. The van der Waals surface area contributed by atoms with E-state index in [0.29, 0.717) is 17.7 Å². The highest BCUT2D eigenvalue weighted by atomic mass is 35.5. The van der Waals surface area contributed by atoms with Crippen molar-refractivity contribution in [2.45, 2.75) is 31.3 Å². The second kappa shape index (κ2) is 4.56. The highest BCUT2D eigenvalue weighted by molar-refractivity contribution is 6.28. The van der Waals surface area contributed by atoms with Crippen LogP contribution in [0.5, 0.6) is 0 Å². The van der Waals surface area contributed by atoms with Gasteiger partial charge in [0.1, 0.15) is 5.52 Å². The smallest absolute Gasteiger partial charge is 0.226 e. The first-order chi connectivity index (χ1) is 9.72. The van der Waals surface area contributed by atoms with Crippen LogP contribution < -0.4 is 4.90 Å². The van der Waals surface area contributed by atoms with Gasteiger partial charge in [0, 0.05) is 25.2 Å². The van der Waals surface area contributed by atoms with E-state index in [4.69, 9.17) is 11.6 Å². The molecule has 2 bridgehead atoms. The van der Waals surface area contributed by atoms with Crippen molar-refractivity contribution in [1.29, 1.82) is 0 Å². The minimum Gasteiger partial charge on any atom is -0.353 e. The van der Waals surface area contributed by atoms with Crippen molar-refractivity contribution < 1.29 is 0 Å². The molecule has 2 aliphatic heterocycles. The number of hydrogen-bond donors (Lipinski definition) is 1. The lowest BCUT2D eigenvalue weighted by Crippen LogP contribution is -2.37. The number of halogens is 1. The van der Waals surface area contributed by atoms with Gasteiger partial charge < -0.3 is 9.88 Å². The Kier molecular flexibility index (Phi) is 2.82. The molecule has 0 spiro atoms. The third-order valence-electron chi connectivity index (χ3n) is 4.69. The second-order valence-corrected chi connectivity index (χ2v) is 6.04. The molecule has 2 aromatic heterocycles. The molecule has 2 aliphatic rings. The van der Waals surface area contributed by atoms with Crippen molar-refractivity contribution in [2.75, 3.05) is 25.0 Å². The molecule has 7 heteroatoms. The summed E-state index contributed by atoms with van der Waals surface area (Å²) in [5.74, 6) is 0.887. The first kappa shape index (κ1) is 12.3. The van der Waals surface area contributed by atoms with Crippen molar-refractivity contribution in [2.24, 2.45) is 0 Å². The number of imidazole rings is 1. The fourth-order valence-electron chi connectivity index (χ4n) is 3.52. The van der Waals surface area contributed by atoms with Gasteiger partial charge in [0.05, 0.1) is 6.33 Å². The Balaban J connectivity index is 1.74. The third kappa shape index (κ3) is 1.86. The predicted molar refractivity (Wildman–Crippen MR) is 78.1 cm³/mol. The number of likely N-dealkylation sites (N-methyl/N-ethyl adjacent to an activating group) is 1. The zero-order valence-corrected chi connectivity index (χ0v) is 12.1. The van der Waals surface area contributed by atoms with Crippen molar-refractivity contribution in [3.63, 3.8) is 0 Å². The molecule has 106 valence electrons. The molecule has 0 radical (unpaired) electrons. The van der Waals surface area contributed by atoms with Crippen LogP contribution in [0.3, 0.4) is 0 Å². The normalized spacial score (nSPS) is 27.2. The number of hydrogen-bond acceptors (Lipinski definition) is 5. The van der Waals surface area contributed by atoms with E-state index in [-0.39, 0.29) is 5.28 Å². The Hall–Kier alpha value is -1.40. The molecular weight excluding hydrogens is 276 g/mol. The second-order valence-electron chi connectivity index (χ2n) is 5.70. The van der Waals surface area contributed by atoms with Crippen molar-refractivity contribution in [3.8, 4) is 0 Å². The summed E-state index contributed by atoms with van der Waals surface area (Å²) in [6.45, 7) is 2.00. The fraction of sp³-hybridized carbons (Fsp3) is 0.615. The Morgan fingerprint density at radius 3 is 3.00 bits per heavy atom. The molecule has 4 rings (SSSR count). The molecule has 2 unspecified atom stereocenters. The monoisotopic (exact) mass is 292 g/mol. The lowest BCUT2D eigenvalue weighted by molar-refractivity contribution is 0.254. The highest BCUT2D eigenvalue weighted by Crippen LogP contribution is 2.32. The molecule has 20 heavy (non-hydrogen) atoms. The average Bonchev–Trinajstić information content (AvgIpc) is 2.94. The van der Waals surface area contributed by atoms with Crippen LogP contribution in [0.2, 0.25) is 5.28 Å². The van der Waals surface area contributed by atoms with Gasteiger partial charge >= 0.3 is 0 Å². The molecular formula is C13H17ClN6. The van der Waals surface area contributed by atoms with Crippen molar-refractivity contribution in [1.82, 2.24) is 24.8 Å². The Morgan fingerprint density at radius 1 is 1.25 bits per heavy atom. The maximum atomic E-state index is 6.04. The number of fused-ring (bicyclic) bond motifs is 3. The largest absolute Gasteiger partial charge is 0.353 e.